The van der Waals surface area contributed by atoms with Crippen LogP contribution in [0.5, 0.6) is 11.6 Å². The van der Waals surface area contributed by atoms with Crippen LogP contribution in [0.4, 0.5) is 8.78 Å². The molecule has 0 amide bonds. The molecule has 4 rings (SSSR count). The summed E-state index contributed by atoms with van der Waals surface area (Å²) in [6.07, 6.45) is 0. The van der Waals surface area contributed by atoms with Crippen LogP contribution in [0.2, 0.25) is 0 Å². The molecule has 31 heavy (non-hydrogen) atoms. The average Bonchev–Trinajstić information content (AvgIpc) is 2.75. The lowest BCUT2D eigenvalue weighted by Crippen LogP contribution is -2.23. The van der Waals surface area contributed by atoms with Crippen molar-refractivity contribution in [2.75, 3.05) is 6.61 Å². The van der Waals surface area contributed by atoms with E-state index < -0.39 is 6.61 Å². The van der Waals surface area contributed by atoms with Gasteiger partial charge in [0, 0.05) is 6.07 Å². The third-order valence-electron chi connectivity index (χ3n) is 4.64. The van der Waals surface area contributed by atoms with Crippen molar-refractivity contribution >= 4 is 11.0 Å². The summed E-state index contributed by atoms with van der Waals surface area (Å²) in [4.78, 5) is 17.9. The van der Waals surface area contributed by atoms with Crippen molar-refractivity contribution in [1.82, 2.24) is 14.8 Å². The van der Waals surface area contributed by atoms with Gasteiger partial charge in [0.25, 0.3) is 5.56 Å². The smallest absolute Gasteiger partial charge is 0.387 e. The molecule has 0 bridgehead atoms. The molecule has 158 valence electrons. The first kappa shape index (κ1) is 20.5. The van der Waals surface area contributed by atoms with E-state index in [0.29, 0.717) is 34.8 Å². The van der Waals surface area contributed by atoms with E-state index in [2.05, 4.69) is 14.8 Å². The van der Waals surface area contributed by atoms with Crippen molar-refractivity contribution < 1.29 is 18.3 Å². The van der Waals surface area contributed by atoms with Crippen LogP contribution in [0.1, 0.15) is 12.5 Å². The van der Waals surface area contributed by atoms with E-state index in [9.17, 15) is 13.6 Å². The van der Waals surface area contributed by atoms with Gasteiger partial charge >= 0.3 is 6.61 Å². The molecular weight excluding hydrogens is 404 g/mol. The van der Waals surface area contributed by atoms with Gasteiger partial charge < -0.3 is 9.47 Å². The summed E-state index contributed by atoms with van der Waals surface area (Å²) < 4.78 is 36.2. The number of hydrogen-bond acceptors (Lipinski definition) is 5. The zero-order valence-electron chi connectivity index (χ0n) is 16.9. The highest BCUT2D eigenvalue weighted by molar-refractivity contribution is 5.91. The third-order valence-corrected chi connectivity index (χ3v) is 4.64. The number of alkyl halides is 2. The number of nitrogens with zero attached hydrogens (tertiary/aromatic N) is 3. The predicted molar refractivity (Wildman–Crippen MR) is 113 cm³/mol. The highest BCUT2D eigenvalue weighted by Gasteiger charge is 2.17. The quantitative estimate of drug-likeness (QED) is 0.448. The van der Waals surface area contributed by atoms with Crippen molar-refractivity contribution in [3.8, 4) is 28.4 Å². The number of rotatable bonds is 6. The van der Waals surface area contributed by atoms with Gasteiger partial charge in [0.15, 0.2) is 0 Å². The van der Waals surface area contributed by atoms with E-state index in [-0.39, 0.29) is 16.9 Å². The van der Waals surface area contributed by atoms with E-state index in [1.165, 1.54) is 16.8 Å². The average molecular weight is 423 g/mol. The van der Waals surface area contributed by atoms with Gasteiger partial charge in [-0.3, -0.25) is 4.79 Å². The van der Waals surface area contributed by atoms with Crippen molar-refractivity contribution in [2.24, 2.45) is 0 Å². The number of pyridine rings is 1. The number of aromatic nitrogens is 3. The molecule has 0 aliphatic heterocycles. The molecule has 2 aromatic carbocycles. The maximum absolute atomic E-state index is 13.5. The van der Waals surface area contributed by atoms with Gasteiger partial charge in [-0.2, -0.15) is 18.6 Å². The van der Waals surface area contributed by atoms with E-state index in [4.69, 9.17) is 4.74 Å². The fourth-order valence-corrected chi connectivity index (χ4v) is 3.21. The van der Waals surface area contributed by atoms with Gasteiger partial charge in [0.2, 0.25) is 5.88 Å². The number of aryl methyl sites for hydroxylation is 1. The normalized spacial score (nSPS) is 11.1. The SMILES string of the molecule is CCOc1ccc2nn(-c3ccc(C)cc3)c(=O)c(-c3ccc(OC(F)F)cc3)c2n1. The summed E-state index contributed by atoms with van der Waals surface area (Å²) in [5, 5.41) is 4.48. The minimum Gasteiger partial charge on any atom is -0.478 e. The summed E-state index contributed by atoms with van der Waals surface area (Å²) in [7, 11) is 0. The summed E-state index contributed by atoms with van der Waals surface area (Å²) in [6, 6.07) is 16.7. The van der Waals surface area contributed by atoms with Crippen LogP contribution >= 0.6 is 0 Å². The number of hydrogen-bond donors (Lipinski definition) is 0. The molecule has 4 aromatic rings. The zero-order chi connectivity index (χ0) is 22.0. The third kappa shape index (κ3) is 4.23. The molecule has 2 aromatic heterocycles. The Labute approximate surface area is 176 Å². The molecule has 0 saturated heterocycles. The van der Waals surface area contributed by atoms with Crippen LogP contribution in [0.25, 0.3) is 27.8 Å². The summed E-state index contributed by atoms with van der Waals surface area (Å²) in [5.41, 5.74) is 2.91. The number of ether oxygens (including phenoxy) is 2. The molecule has 0 aliphatic carbocycles. The predicted octanol–water partition coefficient (Wildman–Crippen LogP) is 4.76. The molecule has 2 heterocycles. The molecule has 0 N–H and O–H groups in total. The maximum atomic E-state index is 13.5. The Bertz CT molecular complexity index is 1270. The van der Waals surface area contributed by atoms with Gasteiger partial charge in [0.1, 0.15) is 16.8 Å². The maximum Gasteiger partial charge on any atom is 0.387 e. The Kier molecular flexibility index (Phi) is 5.62. The van der Waals surface area contributed by atoms with E-state index in [1.807, 2.05) is 26.0 Å². The lowest BCUT2D eigenvalue weighted by molar-refractivity contribution is -0.0498. The highest BCUT2D eigenvalue weighted by Crippen LogP contribution is 2.27. The van der Waals surface area contributed by atoms with Crippen LogP contribution in [0.3, 0.4) is 0 Å². The van der Waals surface area contributed by atoms with Crippen molar-refractivity contribution in [3.05, 3.63) is 76.6 Å². The van der Waals surface area contributed by atoms with Gasteiger partial charge in [-0.25, -0.2) is 4.98 Å². The van der Waals surface area contributed by atoms with Crippen molar-refractivity contribution in [2.45, 2.75) is 20.5 Å². The fourth-order valence-electron chi connectivity index (χ4n) is 3.21. The first-order valence-electron chi connectivity index (χ1n) is 9.65. The molecule has 0 spiro atoms. The zero-order valence-corrected chi connectivity index (χ0v) is 16.9. The summed E-state index contributed by atoms with van der Waals surface area (Å²) in [5.74, 6) is 0.363. The summed E-state index contributed by atoms with van der Waals surface area (Å²) >= 11 is 0. The second-order valence-electron chi connectivity index (χ2n) is 6.78. The molecule has 0 fully saturated rings. The van der Waals surface area contributed by atoms with E-state index in [1.54, 1.807) is 36.4 Å². The molecule has 6 nitrogen and oxygen atoms in total. The van der Waals surface area contributed by atoms with Gasteiger partial charge in [-0.15, -0.1) is 0 Å². The largest absolute Gasteiger partial charge is 0.478 e. The van der Waals surface area contributed by atoms with Gasteiger partial charge in [0.05, 0.1) is 17.9 Å². The second-order valence-corrected chi connectivity index (χ2v) is 6.78. The number of halogens is 2. The van der Waals surface area contributed by atoms with Gasteiger partial charge in [-0.05, 0) is 49.7 Å². The Morgan fingerprint density at radius 3 is 2.35 bits per heavy atom. The lowest BCUT2D eigenvalue weighted by Gasteiger charge is -2.12. The van der Waals surface area contributed by atoms with Gasteiger partial charge in [-0.1, -0.05) is 29.8 Å². The monoisotopic (exact) mass is 423 g/mol. The van der Waals surface area contributed by atoms with E-state index in [0.717, 1.165) is 5.56 Å². The topological polar surface area (TPSA) is 66.2 Å². The molecule has 0 atom stereocenters. The highest BCUT2D eigenvalue weighted by atomic mass is 19.3. The Morgan fingerprint density at radius 2 is 1.71 bits per heavy atom. The molecule has 0 aliphatic rings. The summed E-state index contributed by atoms with van der Waals surface area (Å²) in [6.45, 7) is 1.28. The Morgan fingerprint density at radius 1 is 1.00 bits per heavy atom. The van der Waals surface area contributed by atoms with Crippen molar-refractivity contribution in [3.63, 3.8) is 0 Å². The molecule has 8 heteroatoms. The standard InChI is InChI=1S/C23H19F2N3O3/c1-3-30-19-13-12-18-21(26-19)20(15-6-10-17(11-7-15)31-23(24)25)22(29)28(27-18)16-8-4-14(2)5-9-16/h4-13,23H,3H2,1-2H3. The lowest BCUT2D eigenvalue weighted by atomic mass is 10.1. The Hall–Kier alpha value is -3.81. The van der Waals surface area contributed by atoms with Crippen LogP contribution in [-0.4, -0.2) is 28.0 Å². The van der Waals surface area contributed by atoms with E-state index >= 15 is 0 Å². The van der Waals surface area contributed by atoms with Crippen LogP contribution in [-0.2, 0) is 0 Å². The molecular formula is C23H19F2N3O3. The first-order chi connectivity index (χ1) is 15.0. The molecule has 0 unspecified atom stereocenters. The minimum absolute atomic E-state index is 0.000985. The minimum atomic E-state index is -2.93. The second kappa shape index (κ2) is 8.51. The number of benzene rings is 2. The first-order valence-corrected chi connectivity index (χ1v) is 9.65. The Balaban J connectivity index is 1.95. The molecule has 0 radical (unpaired) electrons. The molecule has 0 saturated carbocycles. The van der Waals surface area contributed by atoms with Crippen LogP contribution in [0.15, 0.2) is 65.5 Å². The fraction of sp³-hybridized carbons (Fsp3) is 0.174. The van der Waals surface area contributed by atoms with Crippen molar-refractivity contribution in [1.29, 1.82) is 0 Å². The van der Waals surface area contributed by atoms with Crippen LogP contribution < -0.4 is 15.0 Å². The number of fused-ring (bicyclic) bond motifs is 1. The van der Waals surface area contributed by atoms with Crippen LogP contribution in [0, 0.1) is 6.92 Å².